The Bertz CT molecular complexity index is 1100. The number of unbranched alkanes of at least 4 members (excludes halogenated alkanes) is 3. The molecule has 0 bridgehead atoms. The van der Waals surface area contributed by atoms with Gasteiger partial charge in [-0.15, -0.1) is 0 Å². The lowest BCUT2D eigenvalue weighted by Gasteiger charge is -2.21. The lowest BCUT2D eigenvalue weighted by Crippen LogP contribution is -2.32. The van der Waals surface area contributed by atoms with Crippen molar-refractivity contribution in [2.75, 3.05) is 11.9 Å². The van der Waals surface area contributed by atoms with Crippen molar-refractivity contribution in [2.24, 2.45) is 5.92 Å². The lowest BCUT2D eigenvalue weighted by molar-refractivity contribution is -0.183. The van der Waals surface area contributed by atoms with Crippen LogP contribution in [0.15, 0.2) is 54.6 Å². The highest BCUT2D eigenvalue weighted by Gasteiger charge is 2.26. The molecule has 1 aliphatic carbocycles. The number of anilines is 1. The van der Waals surface area contributed by atoms with Crippen molar-refractivity contribution in [3.05, 3.63) is 65.7 Å². The molecule has 1 fully saturated rings. The number of amides is 2. The second-order valence-corrected chi connectivity index (χ2v) is 11.7. The van der Waals surface area contributed by atoms with E-state index in [0.717, 1.165) is 68.2 Å². The number of esters is 1. The van der Waals surface area contributed by atoms with Gasteiger partial charge in [-0.05, 0) is 74.6 Å². The Morgan fingerprint density at radius 2 is 1.49 bits per heavy atom. The molecule has 3 N–H and O–H groups in total. The molecule has 0 aliphatic heterocycles. The highest BCUT2D eigenvalue weighted by atomic mass is 16.8. The Hall–Kier alpha value is -3.27. The molecular formula is C34H49N3O6. The summed E-state index contributed by atoms with van der Waals surface area (Å²) in [5.74, 6) is -0.0463. The van der Waals surface area contributed by atoms with Crippen LogP contribution >= 0.6 is 0 Å². The molecule has 0 heterocycles. The summed E-state index contributed by atoms with van der Waals surface area (Å²) in [4.78, 5) is 42.5. The van der Waals surface area contributed by atoms with Crippen molar-refractivity contribution in [2.45, 2.75) is 110 Å². The molecule has 2 aromatic carbocycles. The zero-order valence-electron chi connectivity index (χ0n) is 25.9. The fraction of sp³-hybridized carbons (Fsp3) is 0.559. The van der Waals surface area contributed by atoms with Crippen LogP contribution < -0.4 is 16.1 Å². The van der Waals surface area contributed by atoms with Gasteiger partial charge >= 0.3 is 5.97 Å². The predicted octanol–water partition coefficient (Wildman–Crippen LogP) is 6.35. The van der Waals surface area contributed by atoms with Crippen molar-refractivity contribution < 1.29 is 28.7 Å². The van der Waals surface area contributed by atoms with Crippen LogP contribution in [0, 0.1) is 5.92 Å². The van der Waals surface area contributed by atoms with Crippen molar-refractivity contribution in [1.82, 2.24) is 10.8 Å². The molecule has 43 heavy (non-hydrogen) atoms. The van der Waals surface area contributed by atoms with Gasteiger partial charge in [0, 0.05) is 25.1 Å². The number of nitrogens with one attached hydrogen (secondary N) is 3. The molecule has 0 radical (unpaired) electrons. The predicted molar refractivity (Wildman–Crippen MR) is 167 cm³/mol. The van der Waals surface area contributed by atoms with Gasteiger partial charge < -0.3 is 14.8 Å². The van der Waals surface area contributed by atoms with Crippen LogP contribution in [-0.2, 0) is 35.2 Å². The van der Waals surface area contributed by atoms with E-state index in [1.165, 1.54) is 0 Å². The van der Waals surface area contributed by atoms with E-state index in [4.69, 9.17) is 14.3 Å². The van der Waals surface area contributed by atoms with Crippen LogP contribution in [0.2, 0.25) is 0 Å². The van der Waals surface area contributed by atoms with Crippen molar-refractivity contribution in [3.63, 3.8) is 0 Å². The summed E-state index contributed by atoms with van der Waals surface area (Å²) < 4.78 is 11.2. The van der Waals surface area contributed by atoms with E-state index in [2.05, 4.69) is 16.1 Å². The first-order valence-corrected chi connectivity index (χ1v) is 15.7. The Balaban J connectivity index is 1.31. The van der Waals surface area contributed by atoms with Gasteiger partial charge in [0.25, 0.3) is 0 Å². The third-order valence-corrected chi connectivity index (χ3v) is 7.26. The second-order valence-electron chi connectivity index (χ2n) is 11.7. The molecule has 1 unspecified atom stereocenters. The number of hydrogen-bond donors (Lipinski definition) is 3. The first-order chi connectivity index (χ1) is 20.8. The minimum atomic E-state index is -0.540. The number of hydrogen-bond acceptors (Lipinski definition) is 7. The first kappa shape index (κ1) is 34.2. The number of rotatable bonds is 19. The van der Waals surface area contributed by atoms with E-state index >= 15 is 0 Å². The van der Waals surface area contributed by atoms with Gasteiger partial charge in [0.05, 0.1) is 6.61 Å². The second kappa shape index (κ2) is 19.1. The molecule has 3 rings (SSSR count). The highest BCUT2D eigenvalue weighted by Crippen LogP contribution is 2.24. The number of hydroxylamine groups is 1. The van der Waals surface area contributed by atoms with E-state index in [9.17, 15) is 14.4 Å². The fourth-order valence-corrected chi connectivity index (χ4v) is 4.86. The van der Waals surface area contributed by atoms with Crippen molar-refractivity contribution in [1.29, 1.82) is 0 Å². The highest BCUT2D eigenvalue weighted by molar-refractivity contribution is 5.90. The van der Waals surface area contributed by atoms with Gasteiger partial charge in [-0.25, -0.2) is 15.1 Å². The average Bonchev–Trinajstić information content (AvgIpc) is 3.51. The number of ether oxygens (including phenoxy) is 2. The summed E-state index contributed by atoms with van der Waals surface area (Å²) in [6.07, 6.45) is 7.62. The Morgan fingerprint density at radius 3 is 2.14 bits per heavy atom. The van der Waals surface area contributed by atoms with E-state index in [1.807, 2.05) is 68.4 Å². The van der Waals surface area contributed by atoms with Crippen molar-refractivity contribution in [3.8, 4) is 0 Å². The van der Waals surface area contributed by atoms with E-state index in [1.54, 1.807) is 6.92 Å². The normalized spacial score (nSPS) is 14.8. The van der Waals surface area contributed by atoms with Gasteiger partial charge in [-0.3, -0.25) is 14.9 Å². The topological polar surface area (TPSA) is 115 Å². The Kier molecular flexibility index (Phi) is 15.2. The Labute approximate surface area is 256 Å². The molecule has 2 atom stereocenters. The Morgan fingerprint density at radius 1 is 0.837 bits per heavy atom. The maximum Gasteiger partial charge on any atom is 0.328 e. The van der Waals surface area contributed by atoms with Crippen molar-refractivity contribution >= 4 is 23.5 Å². The number of benzene rings is 2. The molecular weight excluding hydrogens is 546 g/mol. The standard InChI is InChI=1S/C34H49N3O6/c1-25(2)24-41-26(3)43-37-32(39)18-10-5-4-9-17-31(38)36-29-21-19-27(20-22-29)23-35-33(28-13-7-6-8-14-28)34(40)42-30-15-11-12-16-30/h6-8,13-14,19-22,25-26,30,33,35H,4-5,9-12,15-18,23-24H2,1-3H3,(H,36,38)(H,37,39)/t26?,33-/m1/s1. The van der Waals surface area contributed by atoms with E-state index < -0.39 is 12.3 Å². The summed E-state index contributed by atoms with van der Waals surface area (Å²) in [6, 6.07) is 16.7. The SMILES string of the molecule is CC(C)COC(C)ONC(=O)CCCCCCC(=O)Nc1ccc(CN[C@@H](C(=O)OC2CCCC2)c2ccccc2)cc1. The maximum atomic E-state index is 13.0. The summed E-state index contributed by atoms with van der Waals surface area (Å²) >= 11 is 0. The number of carbonyl (C=O) groups is 3. The number of carbonyl (C=O) groups excluding carboxylic acids is 3. The average molecular weight is 596 g/mol. The van der Waals surface area contributed by atoms with E-state index in [0.29, 0.717) is 31.9 Å². The van der Waals surface area contributed by atoms with Crippen LogP contribution in [0.25, 0.3) is 0 Å². The quantitative estimate of drug-likeness (QED) is 0.0750. The van der Waals surface area contributed by atoms with Crippen LogP contribution in [0.4, 0.5) is 5.69 Å². The smallest absolute Gasteiger partial charge is 0.328 e. The van der Waals surface area contributed by atoms with Crippen LogP contribution in [0.1, 0.15) is 102 Å². The molecule has 1 saturated carbocycles. The van der Waals surface area contributed by atoms with Crippen LogP contribution in [0.3, 0.4) is 0 Å². The zero-order chi connectivity index (χ0) is 30.9. The first-order valence-electron chi connectivity index (χ1n) is 15.7. The zero-order valence-corrected chi connectivity index (χ0v) is 25.9. The van der Waals surface area contributed by atoms with Gasteiger partial charge in [-0.1, -0.05) is 69.2 Å². The third-order valence-electron chi connectivity index (χ3n) is 7.26. The van der Waals surface area contributed by atoms with E-state index in [-0.39, 0.29) is 23.9 Å². The fourth-order valence-electron chi connectivity index (χ4n) is 4.86. The summed E-state index contributed by atoms with van der Waals surface area (Å²) in [7, 11) is 0. The largest absolute Gasteiger partial charge is 0.461 e. The maximum absolute atomic E-state index is 13.0. The molecule has 9 nitrogen and oxygen atoms in total. The summed E-state index contributed by atoms with van der Waals surface area (Å²) in [5, 5.41) is 6.30. The van der Waals surface area contributed by atoms with Gasteiger partial charge in [0.2, 0.25) is 11.8 Å². The summed E-state index contributed by atoms with van der Waals surface area (Å²) in [6.45, 7) is 6.91. The molecule has 2 amide bonds. The molecule has 9 heteroatoms. The minimum absolute atomic E-state index is 0.0130. The molecule has 1 aliphatic rings. The molecule has 236 valence electrons. The molecule has 0 spiro atoms. The molecule has 0 saturated heterocycles. The van der Waals surface area contributed by atoms with Crippen LogP contribution in [-0.4, -0.2) is 36.8 Å². The summed E-state index contributed by atoms with van der Waals surface area (Å²) in [5.41, 5.74) is 5.04. The lowest BCUT2D eigenvalue weighted by atomic mass is 10.1. The molecule has 2 aromatic rings. The molecule has 0 aromatic heterocycles. The van der Waals surface area contributed by atoms with Gasteiger partial charge in [-0.2, -0.15) is 0 Å². The monoisotopic (exact) mass is 595 g/mol. The van der Waals surface area contributed by atoms with Crippen LogP contribution in [0.5, 0.6) is 0 Å². The minimum Gasteiger partial charge on any atom is -0.461 e. The third kappa shape index (κ3) is 13.7. The van der Waals surface area contributed by atoms with Gasteiger partial charge in [0.15, 0.2) is 6.29 Å². The van der Waals surface area contributed by atoms with Gasteiger partial charge in [0.1, 0.15) is 12.1 Å².